The molecular formula is C19H20N4OS. The predicted molar refractivity (Wildman–Crippen MR) is 101 cm³/mol. The number of amides is 1. The highest BCUT2D eigenvalue weighted by molar-refractivity contribution is 7.98. The third-order valence-electron chi connectivity index (χ3n) is 4.42. The lowest BCUT2D eigenvalue weighted by atomic mass is 9.95. The van der Waals surface area contributed by atoms with Crippen LogP contribution in [0.4, 0.5) is 11.5 Å². The van der Waals surface area contributed by atoms with Gasteiger partial charge < -0.3 is 10.2 Å². The fraction of sp³-hybridized carbons (Fsp3) is 0.316. The average Bonchev–Trinajstić information content (AvgIpc) is 2.69. The summed E-state index contributed by atoms with van der Waals surface area (Å²) in [6.07, 6.45) is 5.23. The Labute approximate surface area is 152 Å². The summed E-state index contributed by atoms with van der Waals surface area (Å²) in [5, 5.41) is 11.8. The van der Waals surface area contributed by atoms with Crippen molar-refractivity contribution in [2.24, 2.45) is 5.92 Å². The number of nitriles is 1. The fourth-order valence-electron chi connectivity index (χ4n) is 2.93. The molecule has 0 bridgehead atoms. The Balaban J connectivity index is 1.53. The van der Waals surface area contributed by atoms with Crippen LogP contribution in [0.15, 0.2) is 47.5 Å². The zero-order valence-corrected chi connectivity index (χ0v) is 14.9. The van der Waals surface area contributed by atoms with Crippen LogP contribution in [-0.4, -0.2) is 30.2 Å². The Morgan fingerprint density at radius 3 is 2.52 bits per heavy atom. The van der Waals surface area contributed by atoms with Crippen LogP contribution in [0.5, 0.6) is 0 Å². The quantitative estimate of drug-likeness (QED) is 0.853. The van der Waals surface area contributed by atoms with E-state index in [4.69, 9.17) is 5.26 Å². The highest BCUT2D eigenvalue weighted by Crippen LogP contribution is 2.24. The lowest BCUT2D eigenvalue weighted by molar-refractivity contribution is -0.120. The average molecular weight is 352 g/mol. The number of carbonyl (C=O) groups excluding carboxylic acids is 1. The lowest BCUT2D eigenvalue weighted by Gasteiger charge is -2.32. The molecule has 2 aromatic rings. The number of hydrogen-bond donors (Lipinski definition) is 1. The van der Waals surface area contributed by atoms with Crippen LogP contribution in [0.2, 0.25) is 0 Å². The zero-order valence-electron chi connectivity index (χ0n) is 14.1. The number of rotatable bonds is 4. The standard InChI is InChI=1S/C19H20N4OS/c1-25-17-5-3-16(4-6-17)22-19(24)15-8-10-23(11-9-15)18-7-2-14(12-20)13-21-18/h2-7,13,15H,8-11H2,1H3,(H,22,24). The Bertz CT molecular complexity index is 760. The van der Waals surface area contributed by atoms with E-state index in [-0.39, 0.29) is 11.8 Å². The fourth-order valence-corrected chi connectivity index (χ4v) is 3.34. The van der Waals surface area contributed by atoms with Crippen molar-refractivity contribution in [3.63, 3.8) is 0 Å². The van der Waals surface area contributed by atoms with Crippen molar-refractivity contribution in [3.8, 4) is 6.07 Å². The third-order valence-corrected chi connectivity index (χ3v) is 5.17. The lowest BCUT2D eigenvalue weighted by Crippen LogP contribution is -2.38. The van der Waals surface area contributed by atoms with E-state index in [0.29, 0.717) is 5.56 Å². The number of pyridine rings is 1. The van der Waals surface area contributed by atoms with Crippen molar-refractivity contribution >= 4 is 29.2 Å². The van der Waals surface area contributed by atoms with Gasteiger partial charge in [0.1, 0.15) is 11.9 Å². The van der Waals surface area contributed by atoms with Crippen LogP contribution >= 0.6 is 11.8 Å². The number of nitrogens with zero attached hydrogens (tertiary/aromatic N) is 3. The number of hydrogen-bond acceptors (Lipinski definition) is 5. The highest BCUT2D eigenvalue weighted by atomic mass is 32.2. The second-order valence-electron chi connectivity index (χ2n) is 6.00. The molecule has 0 aliphatic carbocycles. The van der Waals surface area contributed by atoms with Gasteiger partial charge in [0.25, 0.3) is 0 Å². The van der Waals surface area contributed by atoms with Crippen molar-refractivity contribution in [1.29, 1.82) is 5.26 Å². The van der Waals surface area contributed by atoms with Crippen LogP contribution in [0.1, 0.15) is 18.4 Å². The van der Waals surface area contributed by atoms with E-state index < -0.39 is 0 Å². The number of benzene rings is 1. The van der Waals surface area contributed by atoms with Crippen molar-refractivity contribution in [1.82, 2.24) is 4.98 Å². The first-order valence-electron chi connectivity index (χ1n) is 8.25. The molecule has 1 aliphatic heterocycles. The summed E-state index contributed by atoms with van der Waals surface area (Å²) in [5.41, 5.74) is 1.41. The van der Waals surface area contributed by atoms with Crippen molar-refractivity contribution in [2.75, 3.05) is 29.6 Å². The van der Waals surface area contributed by atoms with Crippen LogP contribution < -0.4 is 10.2 Å². The van der Waals surface area contributed by atoms with Gasteiger partial charge in [-0.3, -0.25) is 4.79 Å². The Hall–Kier alpha value is -2.52. The molecule has 128 valence electrons. The van der Waals surface area contributed by atoms with E-state index >= 15 is 0 Å². The van der Waals surface area contributed by atoms with Gasteiger partial charge in [-0.2, -0.15) is 5.26 Å². The molecule has 25 heavy (non-hydrogen) atoms. The maximum atomic E-state index is 12.5. The van der Waals surface area contributed by atoms with E-state index in [2.05, 4.69) is 21.3 Å². The van der Waals surface area contributed by atoms with Gasteiger partial charge in [0.15, 0.2) is 0 Å². The van der Waals surface area contributed by atoms with Gasteiger partial charge in [-0.15, -0.1) is 11.8 Å². The summed E-state index contributed by atoms with van der Waals surface area (Å²) in [6.45, 7) is 1.59. The van der Waals surface area contributed by atoms with Gasteiger partial charge in [-0.05, 0) is 55.5 Å². The molecule has 1 amide bonds. The third kappa shape index (κ3) is 4.31. The molecule has 0 atom stereocenters. The molecule has 3 rings (SSSR count). The minimum absolute atomic E-state index is 0.0230. The second kappa shape index (κ2) is 8.04. The number of carbonyl (C=O) groups is 1. The molecule has 0 spiro atoms. The van der Waals surface area contributed by atoms with E-state index in [1.807, 2.05) is 36.6 Å². The molecule has 1 saturated heterocycles. The molecule has 1 N–H and O–H groups in total. The minimum Gasteiger partial charge on any atom is -0.357 e. The van der Waals surface area contributed by atoms with Crippen molar-refractivity contribution in [2.45, 2.75) is 17.7 Å². The van der Waals surface area contributed by atoms with Gasteiger partial charge >= 0.3 is 0 Å². The first-order chi connectivity index (χ1) is 12.2. The minimum atomic E-state index is 0.0230. The van der Waals surface area contributed by atoms with Gasteiger partial charge in [-0.1, -0.05) is 0 Å². The van der Waals surface area contributed by atoms with Gasteiger partial charge in [0.2, 0.25) is 5.91 Å². The first-order valence-corrected chi connectivity index (χ1v) is 9.48. The first kappa shape index (κ1) is 17.3. The smallest absolute Gasteiger partial charge is 0.227 e. The van der Waals surface area contributed by atoms with E-state index in [0.717, 1.165) is 37.4 Å². The van der Waals surface area contributed by atoms with Gasteiger partial charge in [-0.25, -0.2) is 4.98 Å². The molecule has 1 aromatic carbocycles. The number of thioether (sulfide) groups is 1. The Morgan fingerprint density at radius 1 is 1.24 bits per heavy atom. The summed E-state index contributed by atoms with van der Waals surface area (Å²) in [6, 6.07) is 13.6. The van der Waals surface area contributed by atoms with Gasteiger partial charge in [0, 0.05) is 35.8 Å². The van der Waals surface area contributed by atoms with E-state index in [1.54, 1.807) is 24.0 Å². The molecule has 6 heteroatoms. The topological polar surface area (TPSA) is 69.0 Å². The SMILES string of the molecule is CSc1ccc(NC(=O)C2CCN(c3ccc(C#N)cn3)CC2)cc1. The molecule has 1 aromatic heterocycles. The van der Waals surface area contributed by atoms with E-state index in [9.17, 15) is 4.79 Å². The summed E-state index contributed by atoms with van der Waals surface area (Å²) < 4.78 is 0. The number of piperidine rings is 1. The molecule has 0 radical (unpaired) electrons. The number of nitrogens with one attached hydrogen (secondary N) is 1. The maximum Gasteiger partial charge on any atom is 0.227 e. The Kier molecular flexibility index (Phi) is 5.56. The summed E-state index contributed by atoms with van der Waals surface area (Å²) in [4.78, 5) is 20.1. The molecular weight excluding hydrogens is 332 g/mol. The van der Waals surface area contributed by atoms with Crippen LogP contribution in [0, 0.1) is 17.2 Å². The number of anilines is 2. The zero-order chi connectivity index (χ0) is 17.6. The van der Waals surface area contributed by atoms with Crippen LogP contribution in [0.3, 0.4) is 0 Å². The second-order valence-corrected chi connectivity index (χ2v) is 6.88. The van der Waals surface area contributed by atoms with E-state index in [1.165, 1.54) is 4.90 Å². The maximum absolute atomic E-state index is 12.5. The highest BCUT2D eigenvalue weighted by Gasteiger charge is 2.25. The molecule has 0 unspecified atom stereocenters. The van der Waals surface area contributed by atoms with Gasteiger partial charge in [0.05, 0.1) is 5.56 Å². The largest absolute Gasteiger partial charge is 0.357 e. The molecule has 2 heterocycles. The summed E-state index contributed by atoms with van der Waals surface area (Å²) in [7, 11) is 0. The monoisotopic (exact) mass is 352 g/mol. The molecule has 1 fully saturated rings. The predicted octanol–water partition coefficient (Wildman–Crippen LogP) is 3.53. The summed E-state index contributed by atoms with van der Waals surface area (Å²) in [5.74, 6) is 0.977. The van der Waals surface area contributed by atoms with Crippen molar-refractivity contribution in [3.05, 3.63) is 48.2 Å². The number of aromatic nitrogens is 1. The van der Waals surface area contributed by atoms with Crippen LogP contribution in [0.25, 0.3) is 0 Å². The van der Waals surface area contributed by atoms with Crippen LogP contribution in [-0.2, 0) is 4.79 Å². The molecule has 0 saturated carbocycles. The molecule has 1 aliphatic rings. The Morgan fingerprint density at radius 2 is 1.96 bits per heavy atom. The summed E-state index contributed by atoms with van der Waals surface area (Å²) >= 11 is 1.68. The van der Waals surface area contributed by atoms with Crippen molar-refractivity contribution < 1.29 is 4.79 Å². The normalized spacial score (nSPS) is 14.8. The molecule has 5 nitrogen and oxygen atoms in total.